The summed E-state index contributed by atoms with van der Waals surface area (Å²) in [6, 6.07) is 17.1. The lowest BCUT2D eigenvalue weighted by atomic mass is 9.88. The first-order chi connectivity index (χ1) is 15.0. The fourth-order valence-electron chi connectivity index (χ4n) is 4.25. The lowest BCUT2D eigenvalue weighted by molar-refractivity contribution is -0.155. The van der Waals surface area contributed by atoms with E-state index < -0.39 is 11.6 Å². The van der Waals surface area contributed by atoms with E-state index in [-0.39, 0.29) is 25.2 Å². The van der Waals surface area contributed by atoms with E-state index in [0.29, 0.717) is 25.1 Å². The number of ether oxygens (including phenoxy) is 3. The normalized spacial score (nSPS) is 22.6. The topological polar surface area (TPSA) is 65.1 Å². The van der Waals surface area contributed by atoms with Crippen LogP contribution in [0.3, 0.4) is 0 Å². The lowest BCUT2D eigenvalue weighted by Gasteiger charge is -2.31. The molecule has 2 aliphatic heterocycles. The van der Waals surface area contributed by atoms with Crippen LogP contribution in [0.25, 0.3) is 0 Å². The van der Waals surface area contributed by atoms with Crippen molar-refractivity contribution in [3.8, 4) is 5.75 Å². The highest BCUT2D eigenvalue weighted by molar-refractivity contribution is 6.09. The Kier molecular flexibility index (Phi) is 6.09. The predicted molar refractivity (Wildman–Crippen MR) is 117 cm³/mol. The second-order valence-corrected chi connectivity index (χ2v) is 7.87. The number of anilines is 1. The zero-order valence-corrected chi connectivity index (χ0v) is 17.9. The number of benzene rings is 2. The van der Waals surface area contributed by atoms with Crippen LogP contribution in [0.2, 0.25) is 0 Å². The predicted octanol–water partition coefficient (Wildman–Crippen LogP) is 4.00. The molecule has 6 heteroatoms. The van der Waals surface area contributed by atoms with Gasteiger partial charge in [-0.05, 0) is 38.5 Å². The molecule has 2 aromatic carbocycles. The molecule has 0 fully saturated rings. The number of hydrogen-bond acceptors (Lipinski definition) is 5. The molecule has 2 aromatic rings. The number of rotatable bonds is 6. The standard InChI is InChI=1S/C25H27NO5/c1-3-29-23(27)16-26-22-12-8-7-11-21(22)25(24(26)28)15-18(2)13-14-20(31-25)17-30-19-9-5-4-6-10-19/h4-13,20H,3,14-17H2,1-2H3. The molecule has 0 saturated carbocycles. The Morgan fingerprint density at radius 2 is 1.90 bits per heavy atom. The molecule has 0 saturated heterocycles. The fraction of sp³-hybridized carbons (Fsp3) is 0.360. The summed E-state index contributed by atoms with van der Waals surface area (Å²) in [4.78, 5) is 27.4. The number of carbonyl (C=O) groups excluding carboxylic acids is 2. The zero-order chi connectivity index (χ0) is 21.8. The first-order valence-corrected chi connectivity index (χ1v) is 10.6. The maximum atomic E-state index is 13.7. The first kappa shape index (κ1) is 21.1. The van der Waals surface area contributed by atoms with Crippen molar-refractivity contribution in [3.05, 3.63) is 71.8 Å². The van der Waals surface area contributed by atoms with Crippen LogP contribution in [0, 0.1) is 0 Å². The molecule has 2 heterocycles. The number of fused-ring (bicyclic) bond motifs is 2. The van der Waals surface area contributed by atoms with E-state index in [4.69, 9.17) is 14.2 Å². The fourth-order valence-corrected chi connectivity index (χ4v) is 4.25. The van der Waals surface area contributed by atoms with E-state index in [0.717, 1.165) is 16.9 Å². The third-order valence-corrected chi connectivity index (χ3v) is 5.62. The van der Waals surface area contributed by atoms with Gasteiger partial charge in [0, 0.05) is 12.0 Å². The van der Waals surface area contributed by atoms with Crippen molar-refractivity contribution in [1.82, 2.24) is 0 Å². The summed E-state index contributed by atoms with van der Waals surface area (Å²) in [5, 5.41) is 0. The van der Waals surface area contributed by atoms with E-state index in [1.54, 1.807) is 6.92 Å². The van der Waals surface area contributed by atoms with Crippen LogP contribution in [0.1, 0.15) is 32.3 Å². The average molecular weight is 421 g/mol. The van der Waals surface area contributed by atoms with Crippen LogP contribution in [-0.4, -0.2) is 37.7 Å². The average Bonchev–Trinajstić information content (AvgIpc) is 2.89. The van der Waals surface area contributed by atoms with Crippen molar-refractivity contribution in [2.24, 2.45) is 0 Å². The summed E-state index contributed by atoms with van der Waals surface area (Å²) in [7, 11) is 0. The SMILES string of the molecule is CCOC(=O)CN1C(=O)C2(CC(C)=CCC(COc3ccccc3)O2)c2ccccc21. The van der Waals surface area contributed by atoms with Crippen molar-refractivity contribution in [1.29, 1.82) is 0 Å². The van der Waals surface area contributed by atoms with Gasteiger partial charge in [-0.2, -0.15) is 0 Å². The minimum Gasteiger partial charge on any atom is -0.491 e. The van der Waals surface area contributed by atoms with Crippen LogP contribution in [0.4, 0.5) is 5.69 Å². The molecule has 2 atom stereocenters. The maximum Gasteiger partial charge on any atom is 0.326 e. The molecular formula is C25H27NO5. The zero-order valence-electron chi connectivity index (χ0n) is 17.9. The Bertz CT molecular complexity index is 986. The van der Waals surface area contributed by atoms with Crippen LogP contribution in [0.5, 0.6) is 5.75 Å². The van der Waals surface area contributed by atoms with Gasteiger partial charge in [-0.3, -0.25) is 14.5 Å². The second kappa shape index (κ2) is 8.94. The van der Waals surface area contributed by atoms with Crippen LogP contribution < -0.4 is 9.64 Å². The largest absolute Gasteiger partial charge is 0.491 e. The third kappa shape index (κ3) is 4.21. The molecule has 0 radical (unpaired) electrons. The Balaban J connectivity index is 1.64. The van der Waals surface area contributed by atoms with E-state index in [9.17, 15) is 9.59 Å². The number of para-hydroxylation sites is 2. The highest BCUT2D eigenvalue weighted by Crippen LogP contribution is 2.48. The smallest absolute Gasteiger partial charge is 0.326 e. The highest BCUT2D eigenvalue weighted by Gasteiger charge is 2.54. The molecule has 2 unspecified atom stereocenters. The molecule has 0 N–H and O–H groups in total. The minimum atomic E-state index is -1.18. The van der Waals surface area contributed by atoms with Crippen molar-refractivity contribution in [2.75, 3.05) is 24.7 Å². The van der Waals surface area contributed by atoms with E-state index in [2.05, 4.69) is 6.08 Å². The van der Waals surface area contributed by atoms with Gasteiger partial charge in [0.15, 0.2) is 5.60 Å². The number of esters is 1. The molecule has 2 aliphatic rings. The quantitative estimate of drug-likeness (QED) is 0.521. The Labute approximate surface area is 182 Å². The molecule has 0 aliphatic carbocycles. The summed E-state index contributed by atoms with van der Waals surface area (Å²) in [5.41, 5.74) is 1.37. The molecule has 1 spiro atoms. The minimum absolute atomic E-state index is 0.136. The van der Waals surface area contributed by atoms with E-state index in [1.165, 1.54) is 4.90 Å². The van der Waals surface area contributed by atoms with Gasteiger partial charge < -0.3 is 14.2 Å². The molecule has 6 nitrogen and oxygen atoms in total. The Morgan fingerprint density at radius 3 is 2.68 bits per heavy atom. The van der Waals surface area contributed by atoms with Crippen molar-refractivity contribution in [3.63, 3.8) is 0 Å². The van der Waals surface area contributed by atoms with Crippen molar-refractivity contribution < 1.29 is 23.8 Å². The van der Waals surface area contributed by atoms with Gasteiger partial charge in [0.2, 0.25) is 0 Å². The van der Waals surface area contributed by atoms with Crippen LogP contribution >= 0.6 is 0 Å². The van der Waals surface area contributed by atoms with Gasteiger partial charge in [-0.1, -0.05) is 48.0 Å². The number of hydrogen-bond donors (Lipinski definition) is 0. The molecule has 0 bridgehead atoms. The monoisotopic (exact) mass is 421 g/mol. The third-order valence-electron chi connectivity index (χ3n) is 5.62. The summed E-state index contributed by atoms with van der Waals surface area (Å²) >= 11 is 0. The van der Waals surface area contributed by atoms with Gasteiger partial charge in [0.25, 0.3) is 5.91 Å². The van der Waals surface area contributed by atoms with Gasteiger partial charge in [0.05, 0.1) is 18.4 Å². The Hall–Kier alpha value is -3.12. The van der Waals surface area contributed by atoms with Crippen LogP contribution in [-0.2, 0) is 24.7 Å². The molecule has 1 amide bonds. The summed E-state index contributed by atoms with van der Waals surface area (Å²) in [5.74, 6) is 0.0841. The number of amides is 1. The number of nitrogens with zero attached hydrogens (tertiary/aromatic N) is 1. The highest BCUT2D eigenvalue weighted by atomic mass is 16.6. The van der Waals surface area contributed by atoms with E-state index >= 15 is 0 Å². The van der Waals surface area contributed by atoms with Gasteiger partial charge in [0.1, 0.15) is 18.9 Å². The summed E-state index contributed by atoms with van der Waals surface area (Å²) < 4.78 is 17.6. The second-order valence-electron chi connectivity index (χ2n) is 7.87. The number of carbonyl (C=O) groups is 2. The lowest BCUT2D eigenvalue weighted by Crippen LogP contribution is -2.46. The Morgan fingerprint density at radius 1 is 1.16 bits per heavy atom. The van der Waals surface area contributed by atoms with E-state index in [1.807, 2.05) is 61.5 Å². The van der Waals surface area contributed by atoms with Gasteiger partial charge in [-0.15, -0.1) is 0 Å². The van der Waals surface area contributed by atoms with Crippen LogP contribution in [0.15, 0.2) is 66.2 Å². The van der Waals surface area contributed by atoms with Crippen molar-refractivity contribution >= 4 is 17.6 Å². The molecule has 0 aromatic heterocycles. The molecule has 162 valence electrons. The molecular weight excluding hydrogens is 394 g/mol. The molecule has 31 heavy (non-hydrogen) atoms. The maximum absolute atomic E-state index is 13.7. The molecule has 4 rings (SSSR count). The summed E-state index contributed by atoms with van der Waals surface area (Å²) in [6.07, 6.45) is 2.88. The van der Waals surface area contributed by atoms with Gasteiger partial charge >= 0.3 is 5.97 Å². The first-order valence-electron chi connectivity index (χ1n) is 10.6. The van der Waals surface area contributed by atoms with Gasteiger partial charge in [-0.25, -0.2) is 0 Å². The van der Waals surface area contributed by atoms with Crippen molar-refractivity contribution in [2.45, 2.75) is 38.4 Å². The summed E-state index contributed by atoms with van der Waals surface area (Å²) in [6.45, 7) is 4.21.